The Labute approximate surface area is 146 Å². The first kappa shape index (κ1) is 17.0. The number of nitrogens with zero attached hydrogens (tertiary/aromatic N) is 1. The van der Waals surface area contributed by atoms with Crippen LogP contribution in [-0.2, 0) is 24.7 Å². The molecule has 5 nitrogen and oxygen atoms in total. The molecule has 0 aliphatic carbocycles. The molecule has 0 atom stereocenters. The fraction of sp³-hybridized carbons (Fsp3) is 0.300. The summed E-state index contributed by atoms with van der Waals surface area (Å²) in [5.41, 5.74) is 3.40. The second-order valence-corrected chi connectivity index (χ2v) is 6.10. The van der Waals surface area contributed by atoms with E-state index in [0.717, 1.165) is 40.8 Å². The van der Waals surface area contributed by atoms with Crippen LogP contribution in [0.25, 0.3) is 11.1 Å². The van der Waals surface area contributed by atoms with E-state index in [-0.39, 0.29) is 23.5 Å². The smallest absolute Gasteiger partial charge is 0.292 e. The van der Waals surface area contributed by atoms with Gasteiger partial charge in [-0.05, 0) is 36.1 Å². The number of carbonyl (C=O) groups excluding carboxylic acids is 1. The van der Waals surface area contributed by atoms with Gasteiger partial charge in [-0.2, -0.15) is 0 Å². The topological polar surface area (TPSA) is 57.5 Å². The highest BCUT2D eigenvalue weighted by Crippen LogP contribution is 2.39. The molecule has 0 radical (unpaired) electrons. The highest BCUT2D eigenvalue weighted by atomic mass is 16.5. The van der Waals surface area contributed by atoms with Crippen LogP contribution in [0.4, 0.5) is 0 Å². The molecule has 25 heavy (non-hydrogen) atoms. The van der Waals surface area contributed by atoms with Gasteiger partial charge >= 0.3 is 0 Å². The Kier molecular flexibility index (Phi) is 4.74. The Bertz CT molecular complexity index is 895. The van der Waals surface area contributed by atoms with Gasteiger partial charge in [-0.1, -0.05) is 18.7 Å². The number of ether oxygens (including phenoxy) is 2. The van der Waals surface area contributed by atoms with Crippen molar-refractivity contribution in [1.29, 1.82) is 0 Å². The van der Waals surface area contributed by atoms with Gasteiger partial charge in [0.15, 0.2) is 11.5 Å². The first-order valence-corrected chi connectivity index (χ1v) is 8.23. The van der Waals surface area contributed by atoms with Crippen LogP contribution in [0.2, 0.25) is 0 Å². The SMILES string of the molecule is C=CC(=O)Cc1ccc2c(c1-c1cc(OC)c(=O)n(C)c1)OCCC2. The van der Waals surface area contributed by atoms with Gasteiger partial charge < -0.3 is 14.0 Å². The van der Waals surface area contributed by atoms with Gasteiger partial charge in [0.05, 0.1) is 13.7 Å². The van der Waals surface area contributed by atoms with E-state index in [2.05, 4.69) is 6.58 Å². The number of allylic oxidation sites excluding steroid dienone is 1. The zero-order valence-electron chi connectivity index (χ0n) is 14.5. The maximum atomic E-state index is 12.1. The standard InChI is InChI=1S/C20H21NO4/c1-4-16(22)10-14-8-7-13-6-5-9-25-19(13)18(14)15-11-17(24-3)20(23)21(2)12-15/h4,7-8,11-12H,1,5-6,9-10H2,2-3H3. The summed E-state index contributed by atoms with van der Waals surface area (Å²) in [4.78, 5) is 24.1. The van der Waals surface area contributed by atoms with Crippen molar-refractivity contribution in [3.8, 4) is 22.6 Å². The summed E-state index contributed by atoms with van der Waals surface area (Å²) in [6.45, 7) is 4.19. The van der Waals surface area contributed by atoms with Gasteiger partial charge in [0.1, 0.15) is 5.75 Å². The zero-order chi connectivity index (χ0) is 18.0. The molecule has 0 saturated carbocycles. The van der Waals surface area contributed by atoms with Crippen LogP contribution < -0.4 is 15.0 Å². The summed E-state index contributed by atoms with van der Waals surface area (Å²) < 4.78 is 12.6. The quantitative estimate of drug-likeness (QED) is 0.786. The van der Waals surface area contributed by atoms with Crippen molar-refractivity contribution in [2.24, 2.45) is 7.05 Å². The van der Waals surface area contributed by atoms with E-state index in [0.29, 0.717) is 6.61 Å². The molecule has 3 rings (SSSR count). The molecule has 1 aromatic carbocycles. The maximum absolute atomic E-state index is 12.1. The summed E-state index contributed by atoms with van der Waals surface area (Å²) in [5, 5.41) is 0. The van der Waals surface area contributed by atoms with Crippen molar-refractivity contribution >= 4 is 5.78 Å². The number of carbonyl (C=O) groups is 1. The number of aryl methyl sites for hydroxylation is 2. The van der Waals surface area contributed by atoms with E-state index >= 15 is 0 Å². The van der Waals surface area contributed by atoms with Crippen LogP contribution in [0.1, 0.15) is 17.5 Å². The summed E-state index contributed by atoms with van der Waals surface area (Å²) in [5.74, 6) is 0.990. The third-order valence-corrected chi connectivity index (χ3v) is 4.41. The van der Waals surface area contributed by atoms with Gasteiger partial charge in [0.25, 0.3) is 5.56 Å². The molecule has 2 aromatic rings. The average molecular weight is 339 g/mol. The third-order valence-electron chi connectivity index (χ3n) is 4.41. The molecule has 0 fully saturated rings. The van der Waals surface area contributed by atoms with Crippen molar-refractivity contribution in [1.82, 2.24) is 4.57 Å². The number of methoxy groups -OCH3 is 1. The summed E-state index contributed by atoms with van der Waals surface area (Å²) in [6.07, 6.45) is 5.21. The first-order valence-electron chi connectivity index (χ1n) is 8.23. The summed E-state index contributed by atoms with van der Waals surface area (Å²) in [7, 11) is 3.15. The number of ketones is 1. The second kappa shape index (κ2) is 6.97. The van der Waals surface area contributed by atoms with Crippen LogP contribution in [-0.4, -0.2) is 24.1 Å². The number of pyridine rings is 1. The van der Waals surface area contributed by atoms with E-state index < -0.39 is 0 Å². The van der Waals surface area contributed by atoms with Crippen molar-refractivity contribution in [2.45, 2.75) is 19.3 Å². The minimum atomic E-state index is -0.208. The molecule has 1 aliphatic rings. The number of hydrogen-bond donors (Lipinski definition) is 0. The molecule has 0 amide bonds. The lowest BCUT2D eigenvalue weighted by molar-refractivity contribution is -0.114. The lowest BCUT2D eigenvalue weighted by atomic mass is 9.91. The molecule has 2 heterocycles. The summed E-state index contributed by atoms with van der Waals surface area (Å²) >= 11 is 0. The van der Waals surface area contributed by atoms with Gasteiger partial charge in [-0.25, -0.2) is 0 Å². The first-order chi connectivity index (χ1) is 12.0. The maximum Gasteiger partial charge on any atom is 0.292 e. The van der Waals surface area contributed by atoms with Crippen LogP contribution in [0, 0.1) is 0 Å². The zero-order valence-corrected chi connectivity index (χ0v) is 14.5. The molecular weight excluding hydrogens is 318 g/mol. The minimum Gasteiger partial charge on any atom is -0.493 e. The molecule has 1 aliphatic heterocycles. The largest absolute Gasteiger partial charge is 0.493 e. The molecule has 0 spiro atoms. The number of rotatable bonds is 5. The molecule has 0 saturated heterocycles. The molecular formula is C20H21NO4. The molecule has 5 heteroatoms. The lowest BCUT2D eigenvalue weighted by Crippen LogP contribution is -2.18. The fourth-order valence-corrected chi connectivity index (χ4v) is 3.15. The number of fused-ring (bicyclic) bond motifs is 1. The van der Waals surface area contributed by atoms with Crippen molar-refractivity contribution in [2.75, 3.05) is 13.7 Å². The van der Waals surface area contributed by atoms with E-state index in [4.69, 9.17) is 9.47 Å². The van der Waals surface area contributed by atoms with Gasteiger partial charge in [-0.3, -0.25) is 9.59 Å². The Balaban J connectivity index is 2.25. The molecule has 0 bridgehead atoms. The highest BCUT2D eigenvalue weighted by Gasteiger charge is 2.21. The lowest BCUT2D eigenvalue weighted by Gasteiger charge is -2.23. The normalized spacial score (nSPS) is 12.9. The van der Waals surface area contributed by atoms with E-state index in [1.165, 1.54) is 17.8 Å². The van der Waals surface area contributed by atoms with Crippen LogP contribution >= 0.6 is 0 Å². The van der Waals surface area contributed by atoms with E-state index in [9.17, 15) is 9.59 Å². The predicted molar refractivity (Wildman–Crippen MR) is 96.4 cm³/mol. The van der Waals surface area contributed by atoms with Gasteiger partial charge in [-0.15, -0.1) is 0 Å². The molecule has 0 unspecified atom stereocenters. The average Bonchev–Trinajstić information content (AvgIpc) is 2.63. The Morgan fingerprint density at radius 1 is 1.44 bits per heavy atom. The van der Waals surface area contributed by atoms with Crippen molar-refractivity contribution < 1.29 is 14.3 Å². The van der Waals surface area contributed by atoms with Crippen LogP contribution in [0.3, 0.4) is 0 Å². The fourth-order valence-electron chi connectivity index (χ4n) is 3.15. The van der Waals surface area contributed by atoms with Crippen LogP contribution in [0.5, 0.6) is 11.5 Å². The minimum absolute atomic E-state index is 0.0613. The summed E-state index contributed by atoms with van der Waals surface area (Å²) in [6, 6.07) is 5.68. The van der Waals surface area contributed by atoms with Crippen LogP contribution in [0.15, 0.2) is 41.8 Å². The molecule has 0 N–H and O–H groups in total. The van der Waals surface area contributed by atoms with Crippen molar-refractivity contribution in [3.63, 3.8) is 0 Å². The number of hydrogen-bond acceptors (Lipinski definition) is 4. The molecule has 130 valence electrons. The predicted octanol–water partition coefficient (Wildman–Crippen LogP) is 2.68. The monoisotopic (exact) mass is 339 g/mol. The van der Waals surface area contributed by atoms with Gasteiger partial charge in [0.2, 0.25) is 0 Å². The van der Waals surface area contributed by atoms with Gasteiger partial charge in [0, 0.05) is 30.8 Å². The van der Waals surface area contributed by atoms with E-state index in [1.807, 2.05) is 12.1 Å². The molecule has 1 aromatic heterocycles. The Hall–Kier alpha value is -2.82. The third kappa shape index (κ3) is 3.22. The Morgan fingerprint density at radius 3 is 2.96 bits per heavy atom. The van der Waals surface area contributed by atoms with Crippen molar-refractivity contribution in [3.05, 3.63) is 58.5 Å². The highest BCUT2D eigenvalue weighted by molar-refractivity contribution is 5.93. The number of benzene rings is 1. The Morgan fingerprint density at radius 2 is 2.24 bits per heavy atom. The second-order valence-electron chi connectivity index (χ2n) is 6.10. The number of aromatic nitrogens is 1. The van der Waals surface area contributed by atoms with E-state index in [1.54, 1.807) is 19.3 Å².